The van der Waals surface area contributed by atoms with E-state index in [2.05, 4.69) is 33.5 Å². The number of pyridine rings is 2. The van der Waals surface area contributed by atoms with Crippen LogP contribution in [-0.4, -0.2) is 45.8 Å². The molecule has 4 rings (SSSR count). The number of hydrogen-bond acceptors (Lipinski definition) is 4. The summed E-state index contributed by atoms with van der Waals surface area (Å²) in [6.45, 7) is 5.06. The van der Waals surface area contributed by atoms with Gasteiger partial charge in [0.25, 0.3) is 5.91 Å². The van der Waals surface area contributed by atoms with Gasteiger partial charge in [-0.05, 0) is 74.1 Å². The smallest absolute Gasteiger partial charge is 0.255 e. The molecule has 6 nitrogen and oxygen atoms in total. The number of hydrogen-bond donors (Lipinski definition) is 1. The normalized spacial score (nSPS) is 15.3. The predicted molar refractivity (Wildman–Crippen MR) is 128 cm³/mol. The molecule has 3 heterocycles. The van der Waals surface area contributed by atoms with Gasteiger partial charge in [0.15, 0.2) is 0 Å². The Labute approximate surface area is 195 Å². The van der Waals surface area contributed by atoms with Crippen LogP contribution in [0.4, 0.5) is 0 Å². The molecule has 2 aromatic heterocycles. The standard InChI is InChI=1S/C27H30N4O2/c1-20(2)30-26(33)27(10-15-31(16-11-27)25(32)24-7-4-12-29-19-24)18-21-5-3-6-23(17-21)22-8-13-28-14-9-22/h3-9,12-14,17,19-20H,10-11,15-16,18H2,1-2H3,(H,30,33). The fourth-order valence-electron chi connectivity index (χ4n) is 4.51. The Morgan fingerprint density at radius 2 is 1.73 bits per heavy atom. The first kappa shape index (κ1) is 22.6. The minimum atomic E-state index is -0.549. The molecule has 2 amide bonds. The van der Waals surface area contributed by atoms with E-state index in [4.69, 9.17) is 0 Å². The molecule has 1 aromatic carbocycles. The molecule has 0 saturated carbocycles. The number of amides is 2. The predicted octanol–water partition coefficient (Wildman–Crippen LogP) is 4.13. The third kappa shape index (κ3) is 5.28. The molecule has 3 aromatic rings. The van der Waals surface area contributed by atoms with Crippen LogP contribution in [0.2, 0.25) is 0 Å². The zero-order valence-electron chi connectivity index (χ0n) is 19.2. The lowest BCUT2D eigenvalue weighted by atomic mass is 9.72. The summed E-state index contributed by atoms with van der Waals surface area (Å²) in [7, 11) is 0. The number of carbonyl (C=O) groups excluding carboxylic acids is 2. The molecule has 33 heavy (non-hydrogen) atoms. The average molecular weight is 443 g/mol. The van der Waals surface area contributed by atoms with Crippen LogP contribution in [0.25, 0.3) is 11.1 Å². The van der Waals surface area contributed by atoms with Crippen molar-refractivity contribution in [1.82, 2.24) is 20.2 Å². The highest BCUT2D eigenvalue weighted by atomic mass is 16.2. The summed E-state index contributed by atoms with van der Waals surface area (Å²) in [5.41, 5.74) is 3.37. The highest BCUT2D eigenvalue weighted by Crippen LogP contribution is 2.37. The van der Waals surface area contributed by atoms with Crippen molar-refractivity contribution in [3.05, 3.63) is 84.4 Å². The number of rotatable bonds is 6. The molecule has 1 fully saturated rings. The quantitative estimate of drug-likeness (QED) is 0.623. The van der Waals surface area contributed by atoms with E-state index >= 15 is 0 Å². The maximum atomic E-state index is 13.4. The molecule has 6 heteroatoms. The molecule has 0 spiro atoms. The van der Waals surface area contributed by atoms with Crippen molar-refractivity contribution >= 4 is 11.8 Å². The monoisotopic (exact) mass is 442 g/mol. The fourth-order valence-corrected chi connectivity index (χ4v) is 4.51. The number of nitrogens with zero attached hydrogens (tertiary/aromatic N) is 3. The molecule has 0 atom stereocenters. The van der Waals surface area contributed by atoms with Crippen LogP contribution in [0.15, 0.2) is 73.3 Å². The molecule has 170 valence electrons. The second-order valence-corrected chi connectivity index (χ2v) is 9.06. The van der Waals surface area contributed by atoms with Crippen molar-refractivity contribution in [2.24, 2.45) is 5.41 Å². The maximum Gasteiger partial charge on any atom is 0.255 e. The highest BCUT2D eigenvalue weighted by molar-refractivity contribution is 5.94. The van der Waals surface area contributed by atoms with Crippen molar-refractivity contribution in [2.45, 2.75) is 39.2 Å². The van der Waals surface area contributed by atoms with Crippen molar-refractivity contribution in [3.8, 4) is 11.1 Å². The van der Waals surface area contributed by atoms with Gasteiger partial charge in [-0.25, -0.2) is 0 Å². The van der Waals surface area contributed by atoms with E-state index in [1.54, 1.807) is 36.9 Å². The Kier molecular flexibility index (Phi) is 6.82. The minimum Gasteiger partial charge on any atom is -0.353 e. The van der Waals surface area contributed by atoms with Crippen LogP contribution in [0.1, 0.15) is 42.6 Å². The number of carbonyl (C=O) groups is 2. The van der Waals surface area contributed by atoms with Gasteiger partial charge in [-0.1, -0.05) is 24.3 Å². The number of likely N-dealkylation sites (tertiary alicyclic amines) is 1. The van der Waals surface area contributed by atoms with Gasteiger partial charge in [-0.2, -0.15) is 0 Å². The first-order valence-electron chi connectivity index (χ1n) is 11.5. The summed E-state index contributed by atoms with van der Waals surface area (Å²) in [5, 5.41) is 3.13. The molecular formula is C27H30N4O2. The third-order valence-corrected chi connectivity index (χ3v) is 6.30. The lowest BCUT2D eigenvalue weighted by Gasteiger charge is -2.41. The van der Waals surface area contributed by atoms with E-state index < -0.39 is 5.41 Å². The second kappa shape index (κ2) is 9.94. The highest BCUT2D eigenvalue weighted by Gasteiger charge is 2.42. The largest absolute Gasteiger partial charge is 0.353 e. The van der Waals surface area contributed by atoms with Crippen LogP contribution < -0.4 is 5.32 Å². The zero-order chi connectivity index (χ0) is 23.3. The van der Waals surface area contributed by atoms with Crippen LogP contribution >= 0.6 is 0 Å². The van der Waals surface area contributed by atoms with Gasteiger partial charge in [-0.15, -0.1) is 0 Å². The van der Waals surface area contributed by atoms with Gasteiger partial charge in [0.1, 0.15) is 0 Å². The lowest BCUT2D eigenvalue weighted by Crippen LogP contribution is -2.52. The first-order chi connectivity index (χ1) is 16.0. The first-order valence-corrected chi connectivity index (χ1v) is 11.5. The molecule has 1 N–H and O–H groups in total. The van der Waals surface area contributed by atoms with Crippen molar-refractivity contribution in [3.63, 3.8) is 0 Å². The zero-order valence-corrected chi connectivity index (χ0v) is 19.2. The molecule has 0 unspecified atom stereocenters. The Morgan fingerprint density at radius 3 is 2.39 bits per heavy atom. The van der Waals surface area contributed by atoms with E-state index in [9.17, 15) is 9.59 Å². The van der Waals surface area contributed by atoms with E-state index in [1.165, 1.54) is 0 Å². The van der Waals surface area contributed by atoms with Crippen LogP contribution in [0.5, 0.6) is 0 Å². The summed E-state index contributed by atoms with van der Waals surface area (Å²) in [6, 6.07) is 16.0. The van der Waals surface area contributed by atoms with Crippen molar-refractivity contribution in [2.75, 3.05) is 13.1 Å². The Hall–Kier alpha value is -3.54. The summed E-state index contributed by atoms with van der Waals surface area (Å²) in [5.74, 6) is 0.0425. The Bertz CT molecular complexity index is 1090. The van der Waals surface area contributed by atoms with Crippen molar-refractivity contribution in [1.29, 1.82) is 0 Å². The Morgan fingerprint density at radius 1 is 0.970 bits per heavy atom. The van der Waals surface area contributed by atoms with Crippen LogP contribution in [0.3, 0.4) is 0 Å². The van der Waals surface area contributed by atoms with Gasteiger partial charge >= 0.3 is 0 Å². The molecular weight excluding hydrogens is 412 g/mol. The summed E-state index contributed by atoms with van der Waals surface area (Å²) >= 11 is 0. The van der Waals surface area contributed by atoms with Gasteiger partial charge in [0, 0.05) is 43.9 Å². The number of nitrogens with one attached hydrogen (secondary N) is 1. The lowest BCUT2D eigenvalue weighted by molar-refractivity contribution is -0.134. The molecule has 0 bridgehead atoms. The number of piperidine rings is 1. The summed E-state index contributed by atoms with van der Waals surface area (Å²) < 4.78 is 0. The molecule has 0 aliphatic carbocycles. The van der Waals surface area contributed by atoms with E-state index in [0.717, 1.165) is 16.7 Å². The molecule has 1 aliphatic heterocycles. The van der Waals surface area contributed by atoms with E-state index in [-0.39, 0.29) is 17.9 Å². The second-order valence-electron chi connectivity index (χ2n) is 9.06. The van der Waals surface area contributed by atoms with Gasteiger partial charge < -0.3 is 10.2 Å². The van der Waals surface area contributed by atoms with Crippen LogP contribution in [-0.2, 0) is 11.2 Å². The topological polar surface area (TPSA) is 75.2 Å². The fraction of sp³-hybridized carbons (Fsp3) is 0.333. The molecule has 0 radical (unpaired) electrons. The van der Waals surface area contributed by atoms with E-state index in [1.807, 2.05) is 36.9 Å². The Balaban J connectivity index is 1.55. The number of aromatic nitrogens is 2. The van der Waals surface area contributed by atoms with Gasteiger partial charge in [0.2, 0.25) is 5.91 Å². The average Bonchev–Trinajstić information content (AvgIpc) is 2.85. The van der Waals surface area contributed by atoms with E-state index in [0.29, 0.717) is 37.9 Å². The van der Waals surface area contributed by atoms with Gasteiger partial charge in [0.05, 0.1) is 11.0 Å². The summed E-state index contributed by atoms with van der Waals surface area (Å²) in [6.07, 6.45) is 8.71. The maximum absolute atomic E-state index is 13.4. The third-order valence-electron chi connectivity index (χ3n) is 6.30. The minimum absolute atomic E-state index is 0.0272. The molecule has 1 aliphatic rings. The SMILES string of the molecule is CC(C)NC(=O)C1(Cc2cccc(-c3ccncc3)c2)CCN(C(=O)c2cccnc2)CC1. The molecule has 1 saturated heterocycles. The van der Waals surface area contributed by atoms with Crippen molar-refractivity contribution < 1.29 is 9.59 Å². The summed E-state index contributed by atoms with van der Waals surface area (Å²) in [4.78, 5) is 36.3. The number of benzene rings is 1. The van der Waals surface area contributed by atoms with Crippen LogP contribution in [0, 0.1) is 5.41 Å². The van der Waals surface area contributed by atoms with Gasteiger partial charge in [-0.3, -0.25) is 19.6 Å².